The summed E-state index contributed by atoms with van der Waals surface area (Å²) in [6.45, 7) is 5.47. The Morgan fingerprint density at radius 3 is 2.60 bits per heavy atom. The maximum absolute atomic E-state index is 4.35. The SMILES string of the molecule is CC(C)C(CN(C)C)Nc1nc(Br)cs1. The second-order valence-corrected chi connectivity index (χ2v) is 5.90. The minimum Gasteiger partial charge on any atom is -0.357 e. The second kappa shape index (κ2) is 5.82. The molecule has 3 nitrogen and oxygen atoms in total. The number of nitrogens with one attached hydrogen (secondary N) is 1. The van der Waals surface area contributed by atoms with Crippen LogP contribution in [0.1, 0.15) is 13.8 Å². The topological polar surface area (TPSA) is 28.2 Å². The van der Waals surface area contributed by atoms with Crippen molar-refractivity contribution in [2.24, 2.45) is 5.92 Å². The molecule has 1 N–H and O–H groups in total. The van der Waals surface area contributed by atoms with Gasteiger partial charge in [-0.2, -0.15) is 0 Å². The van der Waals surface area contributed by atoms with E-state index in [1.807, 2.05) is 5.38 Å². The quantitative estimate of drug-likeness (QED) is 0.904. The fourth-order valence-corrected chi connectivity index (χ4v) is 2.50. The average molecular weight is 292 g/mol. The van der Waals surface area contributed by atoms with Crippen LogP contribution in [0, 0.1) is 5.92 Å². The first-order valence-electron chi connectivity index (χ1n) is 5.01. The predicted octanol–water partition coefficient (Wildman–Crippen LogP) is 2.90. The van der Waals surface area contributed by atoms with Crippen molar-refractivity contribution in [2.75, 3.05) is 26.0 Å². The fraction of sp³-hybridized carbons (Fsp3) is 0.700. The van der Waals surface area contributed by atoms with Crippen molar-refractivity contribution in [1.82, 2.24) is 9.88 Å². The molecule has 86 valence electrons. The first-order chi connectivity index (χ1) is 6.99. The summed E-state index contributed by atoms with van der Waals surface area (Å²) in [6, 6.07) is 0.443. The van der Waals surface area contributed by atoms with Gasteiger partial charge in [-0.25, -0.2) is 4.98 Å². The minimum atomic E-state index is 0.443. The molecule has 5 heteroatoms. The summed E-state index contributed by atoms with van der Waals surface area (Å²) >= 11 is 4.99. The Labute approximate surface area is 104 Å². The number of halogens is 1. The molecule has 0 radical (unpaired) electrons. The van der Waals surface area contributed by atoms with Gasteiger partial charge in [-0.3, -0.25) is 0 Å². The Hall–Kier alpha value is -0.130. The third kappa shape index (κ3) is 4.49. The molecule has 1 rings (SSSR count). The van der Waals surface area contributed by atoms with E-state index in [1.54, 1.807) is 11.3 Å². The summed E-state index contributed by atoms with van der Waals surface area (Å²) in [5, 5.41) is 6.45. The normalized spacial score (nSPS) is 13.5. The van der Waals surface area contributed by atoms with Crippen molar-refractivity contribution in [2.45, 2.75) is 19.9 Å². The summed E-state index contributed by atoms with van der Waals surface area (Å²) < 4.78 is 0.905. The summed E-state index contributed by atoms with van der Waals surface area (Å²) in [6.07, 6.45) is 0. The summed E-state index contributed by atoms with van der Waals surface area (Å²) in [5.74, 6) is 0.593. The van der Waals surface area contributed by atoms with Gasteiger partial charge >= 0.3 is 0 Å². The van der Waals surface area contributed by atoms with E-state index < -0.39 is 0 Å². The molecular weight excluding hydrogens is 274 g/mol. The molecule has 15 heavy (non-hydrogen) atoms. The van der Waals surface area contributed by atoms with E-state index in [2.05, 4.69) is 59.1 Å². The van der Waals surface area contributed by atoms with Gasteiger partial charge in [0.25, 0.3) is 0 Å². The molecule has 0 aromatic carbocycles. The van der Waals surface area contributed by atoms with Crippen LogP contribution in [-0.2, 0) is 0 Å². The van der Waals surface area contributed by atoms with E-state index in [-0.39, 0.29) is 0 Å². The lowest BCUT2D eigenvalue weighted by Crippen LogP contribution is -2.36. The van der Waals surface area contributed by atoms with Crippen LogP contribution in [0.25, 0.3) is 0 Å². The number of hydrogen-bond acceptors (Lipinski definition) is 4. The zero-order valence-electron chi connectivity index (χ0n) is 9.62. The Bertz CT molecular complexity index is 299. The molecule has 0 saturated carbocycles. The van der Waals surface area contributed by atoms with Crippen molar-refractivity contribution >= 4 is 32.4 Å². The molecule has 1 aromatic heterocycles. The van der Waals surface area contributed by atoms with Crippen molar-refractivity contribution < 1.29 is 0 Å². The fourth-order valence-electron chi connectivity index (χ4n) is 1.30. The zero-order valence-corrected chi connectivity index (χ0v) is 12.0. The smallest absolute Gasteiger partial charge is 0.184 e. The van der Waals surface area contributed by atoms with Crippen molar-refractivity contribution in [1.29, 1.82) is 0 Å². The first-order valence-corrected chi connectivity index (χ1v) is 6.68. The van der Waals surface area contributed by atoms with E-state index in [4.69, 9.17) is 0 Å². The number of rotatable bonds is 5. The van der Waals surface area contributed by atoms with Gasteiger partial charge in [0.15, 0.2) is 5.13 Å². The molecule has 0 aliphatic carbocycles. The van der Waals surface area contributed by atoms with E-state index >= 15 is 0 Å². The highest BCUT2D eigenvalue weighted by molar-refractivity contribution is 9.10. The van der Waals surface area contributed by atoms with E-state index in [1.165, 1.54) is 0 Å². The molecule has 0 fully saturated rings. The third-order valence-corrected chi connectivity index (χ3v) is 3.63. The molecule has 1 aromatic rings. The van der Waals surface area contributed by atoms with Gasteiger partial charge in [-0.1, -0.05) is 13.8 Å². The van der Waals surface area contributed by atoms with Crippen LogP contribution >= 0.6 is 27.3 Å². The van der Waals surface area contributed by atoms with E-state index in [0.717, 1.165) is 16.3 Å². The lowest BCUT2D eigenvalue weighted by Gasteiger charge is -2.25. The summed E-state index contributed by atoms with van der Waals surface area (Å²) in [7, 11) is 4.18. The number of aromatic nitrogens is 1. The van der Waals surface area contributed by atoms with E-state index in [9.17, 15) is 0 Å². The van der Waals surface area contributed by atoms with Crippen molar-refractivity contribution in [3.05, 3.63) is 9.98 Å². The Kier molecular flexibility index (Phi) is 5.02. The first kappa shape index (κ1) is 12.9. The highest BCUT2D eigenvalue weighted by Gasteiger charge is 2.15. The second-order valence-electron chi connectivity index (χ2n) is 4.23. The Balaban J connectivity index is 2.58. The van der Waals surface area contributed by atoms with E-state index in [0.29, 0.717) is 12.0 Å². The molecule has 0 aliphatic heterocycles. The van der Waals surface area contributed by atoms with Crippen LogP contribution < -0.4 is 5.32 Å². The summed E-state index contributed by atoms with van der Waals surface area (Å²) in [4.78, 5) is 6.54. The lowest BCUT2D eigenvalue weighted by molar-refractivity contribution is 0.344. The molecule has 0 spiro atoms. The van der Waals surface area contributed by atoms with Crippen LogP contribution in [0.2, 0.25) is 0 Å². The predicted molar refractivity (Wildman–Crippen MR) is 70.6 cm³/mol. The highest BCUT2D eigenvalue weighted by atomic mass is 79.9. The monoisotopic (exact) mass is 291 g/mol. The van der Waals surface area contributed by atoms with Gasteiger partial charge in [0.2, 0.25) is 0 Å². The molecule has 1 heterocycles. The van der Waals surface area contributed by atoms with Crippen LogP contribution in [0.4, 0.5) is 5.13 Å². The van der Waals surface area contributed by atoms with Gasteiger partial charge in [-0.15, -0.1) is 11.3 Å². The number of likely N-dealkylation sites (N-methyl/N-ethyl adjacent to an activating group) is 1. The standard InChI is InChI=1S/C10H18BrN3S/c1-7(2)8(5-14(3)4)12-10-13-9(11)6-15-10/h6-8H,5H2,1-4H3,(H,12,13). The lowest BCUT2D eigenvalue weighted by atomic mass is 10.0. The maximum Gasteiger partial charge on any atom is 0.184 e. The number of thiazole rings is 1. The highest BCUT2D eigenvalue weighted by Crippen LogP contribution is 2.21. The molecule has 0 bridgehead atoms. The molecule has 1 unspecified atom stereocenters. The van der Waals surface area contributed by atoms with Gasteiger partial charge in [0, 0.05) is 18.0 Å². The van der Waals surface area contributed by atoms with Crippen molar-refractivity contribution in [3.63, 3.8) is 0 Å². The number of nitrogens with zero attached hydrogens (tertiary/aromatic N) is 2. The van der Waals surface area contributed by atoms with Gasteiger partial charge < -0.3 is 10.2 Å². The Morgan fingerprint density at radius 1 is 1.53 bits per heavy atom. The Morgan fingerprint density at radius 2 is 2.20 bits per heavy atom. The maximum atomic E-state index is 4.35. The molecular formula is C10H18BrN3S. The zero-order chi connectivity index (χ0) is 11.4. The largest absolute Gasteiger partial charge is 0.357 e. The molecule has 0 amide bonds. The molecule has 1 atom stereocenters. The van der Waals surface area contributed by atoms with Crippen LogP contribution in [0.15, 0.2) is 9.98 Å². The van der Waals surface area contributed by atoms with Crippen LogP contribution in [0.3, 0.4) is 0 Å². The van der Waals surface area contributed by atoms with Crippen LogP contribution in [-0.4, -0.2) is 36.6 Å². The number of hydrogen-bond donors (Lipinski definition) is 1. The molecule has 0 aliphatic rings. The van der Waals surface area contributed by atoms with Crippen molar-refractivity contribution in [3.8, 4) is 0 Å². The number of anilines is 1. The average Bonchev–Trinajstić information content (AvgIpc) is 2.49. The summed E-state index contributed by atoms with van der Waals surface area (Å²) in [5.41, 5.74) is 0. The van der Waals surface area contributed by atoms with Crippen LogP contribution in [0.5, 0.6) is 0 Å². The van der Waals surface area contributed by atoms with Gasteiger partial charge in [0.05, 0.1) is 0 Å². The molecule has 0 saturated heterocycles. The van der Waals surface area contributed by atoms with Gasteiger partial charge in [0.1, 0.15) is 4.60 Å². The minimum absolute atomic E-state index is 0.443. The third-order valence-electron chi connectivity index (χ3n) is 2.15. The van der Waals surface area contributed by atoms with Gasteiger partial charge in [-0.05, 0) is 35.9 Å².